The third-order valence-corrected chi connectivity index (χ3v) is 11.6. The minimum Gasteiger partial charge on any atom is 0.0620 e. The van der Waals surface area contributed by atoms with Crippen LogP contribution in [0.25, 0.3) is 82.4 Å². The Hall–Kier alpha value is -5.97. The third kappa shape index (κ3) is 3.97. The molecule has 0 unspecified atom stereocenters. The van der Waals surface area contributed by atoms with Crippen molar-refractivity contribution in [3.8, 4) is 23.0 Å². The molecule has 0 saturated heterocycles. The number of nitrogens with zero attached hydrogens (tertiary/aromatic N) is 5. The van der Waals surface area contributed by atoms with E-state index in [1.165, 1.54) is 32.6 Å². The zero-order valence-electron chi connectivity index (χ0n) is 30.2. The van der Waals surface area contributed by atoms with Crippen LogP contribution >= 0.6 is 0 Å². The van der Waals surface area contributed by atoms with E-state index in [-0.39, 0.29) is 11.3 Å². The van der Waals surface area contributed by atoms with Gasteiger partial charge in [-0.3, -0.25) is 0 Å². The topological polar surface area (TPSA) is 41.3 Å². The molecule has 0 atom stereocenters. The molecular formula is C44H29N5OPt. The number of ether oxygens (including phenoxy) is 1. The monoisotopic (exact) mass is 841 g/mol. The molecule has 6 nitrogen and oxygen atoms in total. The van der Waals surface area contributed by atoms with Crippen LogP contribution < -0.4 is 4.74 Å². The molecule has 0 aliphatic heterocycles. The minimum atomic E-state index is -2.39. The van der Waals surface area contributed by atoms with Gasteiger partial charge in [-0.05, 0) is 12.1 Å². The Balaban J connectivity index is 1.14. The number of imidazole rings is 1. The van der Waals surface area contributed by atoms with Gasteiger partial charge in [0.25, 0.3) is 0 Å². The number of aromatic nitrogens is 5. The van der Waals surface area contributed by atoms with E-state index < -0.39 is 6.85 Å². The van der Waals surface area contributed by atoms with Crippen LogP contribution in [-0.4, -0.2) is 23.1 Å². The van der Waals surface area contributed by atoms with Gasteiger partial charge in [-0.15, -0.1) is 0 Å². The number of fused-ring (bicyclic) bond motifs is 10. The molecule has 0 aliphatic rings. The van der Waals surface area contributed by atoms with E-state index in [9.17, 15) is 0 Å². The Morgan fingerprint density at radius 1 is 0.588 bits per heavy atom. The number of rotatable bonds is 4. The van der Waals surface area contributed by atoms with Crippen molar-refractivity contribution in [3.63, 3.8) is 0 Å². The van der Waals surface area contributed by atoms with Gasteiger partial charge in [0.05, 0.1) is 16.6 Å². The van der Waals surface area contributed by atoms with Crippen LogP contribution in [0.1, 0.15) is 9.68 Å². The molecule has 11 aromatic rings. The fourth-order valence-corrected chi connectivity index (χ4v) is 8.93. The molecule has 0 spiro atoms. The van der Waals surface area contributed by atoms with Crippen molar-refractivity contribution < 1.29 is 28.2 Å². The van der Waals surface area contributed by atoms with E-state index in [4.69, 9.17) is 13.8 Å². The molecule has 7 heteroatoms. The third-order valence-electron chi connectivity index (χ3n) is 10.3. The van der Waals surface area contributed by atoms with Gasteiger partial charge < -0.3 is 4.40 Å². The van der Waals surface area contributed by atoms with Crippen LogP contribution in [0.3, 0.4) is 0 Å². The second-order valence-corrected chi connectivity index (χ2v) is 14.1. The first-order chi connectivity index (χ1) is 26.3. The molecule has 6 aromatic carbocycles. The molecule has 0 bridgehead atoms. The zero-order valence-corrected chi connectivity index (χ0v) is 29.5. The van der Waals surface area contributed by atoms with E-state index in [1.54, 1.807) is 12.3 Å². The van der Waals surface area contributed by atoms with Crippen LogP contribution in [0.5, 0.6) is 11.5 Å². The molecule has 0 fully saturated rings. The van der Waals surface area contributed by atoms with E-state index in [0.29, 0.717) is 5.75 Å². The smallest absolute Gasteiger partial charge is 0.0620 e. The van der Waals surface area contributed by atoms with E-state index in [1.807, 2.05) is 61.6 Å². The summed E-state index contributed by atoms with van der Waals surface area (Å²) in [5.74, 6) is 1.58. The molecule has 51 heavy (non-hydrogen) atoms. The summed E-state index contributed by atoms with van der Waals surface area (Å²) in [6, 6.07) is 45.2. The summed E-state index contributed by atoms with van der Waals surface area (Å²) in [5, 5.41) is 7.04. The maximum Gasteiger partial charge on any atom is 0.0620 e. The first-order valence-electron chi connectivity index (χ1n) is 18.3. The van der Waals surface area contributed by atoms with Gasteiger partial charge in [-0.2, -0.15) is 0 Å². The fraction of sp³-hybridized carbons (Fsp3) is 0.0455. The molecule has 0 saturated carbocycles. The van der Waals surface area contributed by atoms with Crippen LogP contribution in [0.2, 0.25) is 0 Å². The van der Waals surface area contributed by atoms with Crippen LogP contribution in [0.15, 0.2) is 140 Å². The Kier molecular flexibility index (Phi) is 5.35. The van der Waals surface area contributed by atoms with Crippen LogP contribution in [0, 0.1) is 10.7 Å². The molecule has 5 heterocycles. The maximum atomic E-state index is 8.40. The summed E-state index contributed by atoms with van der Waals surface area (Å²) in [4.78, 5) is 4.81. The number of pyridine rings is 1. The van der Waals surface area contributed by atoms with Gasteiger partial charge in [-0.25, -0.2) is 0 Å². The molecule has 11 rings (SSSR count). The first-order valence-corrected chi connectivity index (χ1v) is 17.9. The molecule has 5 aromatic heterocycles. The van der Waals surface area contributed by atoms with E-state index >= 15 is 0 Å². The molecular weight excluding hydrogens is 810 g/mol. The van der Waals surface area contributed by atoms with Crippen molar-refractivity contribution in [1.82, 2.24) is 23.1 Å². The predicted molar refractivity (Wildman–Crippen MR) is 204 cm³/mol. The SMILES string of the molecule is [2H]C([2H])([2H])c1ccc(-n2[c](=[Pt])n(C)c3ccccc32)cc1Oc1ccc2c3cc4c5cccc6c7ccccc7n(c4cc3n(-c3ccccn3)c2c1)c65. The summed E-state index contributed by atoms with van der Waals surface area (Å²) >= 11 is 2.31. The number of benzene rings is 6. The summed E-state index contributed by atoms with van der Waals surface area (Å²) in [6.07, 6.45) is 1.81. The van der Waals surface area contributed by atoms with Crippen molar-refractivity contribution in [2.75, 3.05) is 0 Å². The van der Waals surface area contributed by atoms with Gasteiger partial charge in [-0.1, -0.05) is 42.5 Å². The average Bonchev–Trinajstić information content (AvgIpc) is 3.88. The minimum absolute atomic E-state index is 0.146. The largest absolute Gasteiger partial charge is 0.0620 e. The van der Waals surface area contributed by atoms with E-state index in [0.717, 1.165) is 53.7 Å². The van der Waals surface area contributed by atoms with Crippen molar-refractivity contribution in [1.29, 1.82) is 0 Å². The number of hydrogen-bond donors (Lipinski definition) is 0. The maximum absolute atomic E-state index is 8.40. The second-order valence-electron chi connectivity index (χ2n) is 13.1. The van der Waals surface area contributed by atoms with Gasteiger partial charge in [0.1, 0.15) is 0 Å². The number of aryl methyl sites for hydroxylation is 2. The number of para-hydroxylation sites is 4. The van der Waals surface area contributed by atoms with E-state index in [2.05, 4.69) is 110 Å². The van der Waals surface area contributed by atoms with Gasteiger partial charge in [0.15, 0.2) is 0 Å². The molecule has 0 aliphatic carbocycles. The van der Waals surface area contributed by atoms with Crippen molar-refractivity contribution >= 4 is 70.9 Å². The first kappa shape index (κ1) is 25.9. The number of hydrogen-bond acceptors (Lipinski definition) is 2. The Labute approximate surface area is 306 Å². The predicted octanol–water partition coefficient (Wildman–Crippen LogP) is 10.8. The quantitative estimate of drug-likeness (QED) is 0.177. The standard InChI is InChI=1S/C44H29N5O.Pt/c1-27-17-18-28(47-26-46(2)37-14-5-6-15-38(37)47)22-42(27)50-29-19-20-31-34-24-35-33-12-9-11-32-30-10-3-4-13-36(30)49(44(32)33)41(35)25-40(34)48(39(31)23-29)43-16-7-8-21-45-43;/h3-25H,1-2H3;/i1D3;. The average molecular weight is 842 g/mol. The molecule has 246 valence electrons. The summed E-state index contributed by atoms with van der Waals surface area (Å²) < 4.78 is 41.6. The Bertz CT molecular complexity index is 3390. The van der Waals surface area contributed by atoms with Crippen LogP contribution in [-0.2, 0) is 26.4 Å². The zero-order chi connectivity index (χ0) is 36.5. The molecule has 0 radical (unpaired) electrons. The second kappa shape index (κ2) is 10.5. The van der Waals surface area contributed by atoms with Crippen molar-refractivity contribution in [2.24, 2.45) is 7.05 Å². The van der Waals surface area contributed by atoms with Crippen molar-refractivity contribution in [3.05, 3.63) is 149 Å². The van der Waals surface area contributed by atoms with Gasteiger partial charge in [0.2, 0.25) is 0 Å². The summed E-state index contributed by atoms with van der Waals surface area (Å²) in [5.41, 5.74) is 8.51. The summed E-state index contributed by atoms with van der Waals surface area (Å²) in [7, 11) is 2.03. The molecule has 0 N–H and O–H groups in total. The van der Waals surface area contributed by atoms with Crippen LogP contribution in [0.4, 0.5) is 0 Å². The van der Waals surface area contributed by atoms with Gasteiger partial charge in [0, 0.05) is 27.7 Å². The Morgan fingerprint density at radius 3 is 2.16 bits per heavy atom. The normalized spacial score (nSPS) is 13.4. The Morgan fingerprint density at radius 2 is 1.31 bits per heavy atom. The van der Waals surface area contributed by atoms with Gasteiger partial charge >= 0.3 is 205 Å². The summed E-state index contributed by atoms with van der Waals surface area (Å²) in [6.45, 7) is -2.39. The molecule has 0 amide bonds. The van der Waals surface area contributed by atoms with Crippen molar-refractivity contribution in [2.45, 2.75) is 6.85 Å². The fourth-order valence-electron chi connectivity index (χ4n) is 8.09.